The monoisotopic (exact) mass is 418 g/mol. The Kier molecular flexibility index (Phi) is 4.50. The maximum absolute atomic E-state index is 13.5. The number of hydrogen-bond acceptors (Lipinski definition) is 6. The van der Waals surface area contributed by atoms with E-state index in [9.17, 15) is 9.59 Å². The lowest BCUT2D eigenvalue weighted by Gasteiger charge is -2.11. The number of furan rings is 1. The Balaban J connectivity index is 1.66. The molecule has 0 unspecified atom stereocenters. The molecule has 1 aliphatic carbocycles. The van der Waals surface area contributed by atoms with Gasteiger partial charge in [-0.25, -0.2) is 14.2 Å². The first-order chi connectivity index (χ1) is 15.0. The van der Waals surface area contributed by atoms with Crippen LogP contribution >= 0.6 is 0 Å². The van der Waals surface area contributed by atoms with Crippen molar-refractivity contribution in [3.05, 3.63) is 75.2 Å². The van der Waals surface area contributed by atoms with E-state index < -0.39 is 5.97 Å². The molecule has 158 valence electrons. The number of carbonyl (C=O) groups is 1. The molecule has 0 N–H and O–H groups in total. The second-order valence-electron chi connectivity index (χ2n) is 7.99. The summed E-state index contributed by atoms with van der Waals surface area (Å²) in [6, 6.07) is 9.25. The zero-order valence-electron chi connectivity index (χ0n) is 17.6. The number of hydrogen-bond donors (Lipinski definition) is 0. The van der Waals surface area contributed by atoms with Crippen LogP contribution < -0.4 is 5.56 Å². The second kappa shape index (κ2) is 7.23. The summed E-state index contributed by atoms with van der Waals surface area (Å²) in [6.07, 6.45) is 3.83. The molecule has 31 heavy (non-hydrogen) atoms. The van der Waals surface area contributed by atoms with Gasteiger partial charge >= 0.3 is 5.97 Å². The molecule has 0 atom stereocenters. The molecule has 1 fully saturated rings. The first kappa shape index (κ1) is 19.3. The number of aryl methyl sites for hydroxylation is 2. The van der Waals surface area contributed by atoms with Crippen molar-refractivity contribution in [1.82, 2.24) is 19.6 Å². The van der Waals surface area contributed by atoms with Crippen molar-refractivity contribution < 1.29 is 13.9 Å². The standard InChI is InChI=1S/C23H22N4O4/c1-13-4-8-18(14(2)10-13)27-21-17(11-24-27)20(15-5-6-15)25-26(22(21)28)12-16-7-9-19(31-16)23(29)30-3/h4,7-11,15H,5-6,12H2,1-3H3. The lowest BCUT2D eigenvalue weighted by molar-refractivity contribution is 0.0562. The van der Waals surface area contributed by atoms with Crippen molar-refractivity contribution in [1.29, 1.82) is 0 Å². The van der Waals surface area contributed by atoms with E-state index in [1.54, 1.807) is 16.9 Å². The molecule has 0 amide bonds. The topological polar surface area (TPSA) is 92.2 Å². The van der Waals surface area contributed by atoms with Crippen LogP contribution in [0.25, 0.3) is 16.6 Å². The van der Waals surface area contributed by atoms with Crippen molar-refractivity contribution in [3.8, 4) is 5.69 Å². The summed E-state index contributed by atoms with van der Waals surface area (Å²) in [5, 5.41) is 9.99. The number of esters is 1. The molecule has 3 aromatic heterocycles. The second-order valence-corrected chi connectivity index (χ2v) is 7.99. The Hall–Kier alpha value is -3.68. The average molecular weight is 418 g/mol. The number of rotatable bonds is 5. The quantitative estimate of drug-likeness (QED) is 0.461. The number of aromatic nitrogens is 4. The number of carbonyl (C=O) groups excluding carboxylic acids is 1. The van der Waals surface area contributed by atoms with E-state index in [2.05, 4.69) is 21.0 Å². The van der Waals surface area contributed by atoms with Gasteiger partial charge in [0, 0.05) is 11.3 Å². The fourth-order valence-electron chi connectivity index (χ4n) is 3.91. The van der Waals surface area contributed by atoms with Crippen molar-refractivity contribution in [2.45, 2.75) is 39.2 Å². The zero-order valence-corrected chi connectivity index (χ0v) is 17.6. The van der Waals surface area contributed by atoms with E-state index in [1.807, 2.05) is 26.0 Å². The minimum absolute atomic E-state index is 0.0920. The summed E-state index contributed by atoms with van der Waals surface area (Å²) in [5.74, 6) is 0.310. The van der Waals surface area contributed by atoms with E-state index >= 15 is 0 Å². The number of nitrogens with zero attached hydrogens (tertiary/aromatic N) is 4. The smallest absolute Gasteiger partial charge is 0.373 e. The predicted octanol–water partition coefficient (Wildman–Crippen LogP) is 3.50. The Morgan fingerprint density at radius 2 is 2.03 bits per heavy atom. The fraction of sp³-hybridized carbons (Fsp3) is 0.304. The lowest BCUT2D eigenvalue weighted by Crippen LogP contribution is -2.26. The van der Waals surface area contributed by atoms with Gasteiger partial charge in [-0.3, -0.25) is 4.79 Å². The highest BCUT2D eigenvalue weighted by Crippen LogP contribution is 2.41. The summed E-state index contributed by atoms with van der Waals surface area (Å²) in [6.45, 7) is 4.16. The van der Waals surface area contributed by atoms with Gasteiger partial charge < -0.3 is 9.15 Å². The molecule has 8 heteroatoms. The summed E-state index contributed by atoms with van der Waals surface area (Å²) in [4.78, 5) is 25.1. The molecule has 1 aromatic carbocycles. The van der Waals surface area contributed by atoms with Crippen LogP contribution in [0.2, 0.25) is 0 Å². The van der Waals surface area contributed by atoms with Crippen molar-refractivity contribution in [2.24, 2.45) is 0 Å². The van der Waals surface area contributed by atoms with Crippen molar-refractivity contribution in [2.75, 3.05) is 7.11 Å². The molecule has 1 saturated carbocycles. The fourth-order valence-corrected chi connectivity index (χ4v) is 3.91. The molecular weight excluding hydrogens is 396 g/mol. The molecule has 0 radical (unpaired) electrons. The van der Waals surface area contributed by atoms with E-state index in [0.29, 0.717) is 17.2 Å². The largest absolute Gasteiger partial charge is 0.463 e. The number of fused-ring (bicyclic) bond motifs is 1. The van der Waals surface area contributed by atoms with Crippen LogP contribution in [0.4, 0.5) is 0 Å². The van der Waals surface area contributed by atoms with Crippen molar-refractivity contribution in [3.63, 3.8) is 0 Å². The van der Waals surface area contributed by atoms with Crippen LogP contribution in [0.3, 0.4) is 0 Å². The third kappa shape index (κ3) is 3.34. The SMILES string of the molecule is COC(=O)c1ccc(Cn2nc(C3CC3)c3cnn(-c4ccc(C)cc4C)c3c2=O)o1. The molecule has 0 bridgehead atoms. The molecule has 0 aliphatic heterocycles. The minimum Gasteiger partial charge on any atom is -0.463 e. The van der Waals surface area contributed by atoms with Crippen LogP contribution in [0.15, 0.2) is 45.7 Å². The van der Waals surface area contributed by atoms with Gasteiger partial charge in [-0.05, 0) is 50.5 Å². The Morgan fingerprint density at radius 1 is 1.23 bits per heavy atom. The average Bonchev–Trinajstić information content (AvgIpc) is 3.32. The van der Waals surface area contributed by atoms with Crippen molar-refractivity contribution >= 4 is 16.9 Å². The highest BCUT2D eigenvalue weighted by molar-refractivity contribution is 5.86. The number of benzene rings is 1. The van der Waals surface area contributed by atoms with Crippen LogP contribution in [0, 0.1) is 13.8 Å². The van der Waals surface area contributed by atoms with E-state index in [4.69, 9.17) is 4.42 Å². The highest BCUT2D eigenvalue weighted by atomic mass is 16.5. The Labute approximate surface area is 178 Å². The van der Waals surface area contributed by atoms with Crippen LogP contribution in [-0.4, -0.2) is 32.6 Å². The van der Waals surface area contributed by atoms with Crippen LogP contribution in [-0.2, 0) is 11.3 Å². The molecule has 8 nitrogen and oxygen atoms in total. The van der Waals surface area contributed by atoms with Gasteiger partial charge in [-0.2, -0.15) is 10.2 Å². The van der Waals surface area contributed by atoms with Crippen LogP contribution in [0.1, 0.15) is 51.9 Å². The maximum atomic E-state index is 13.5. The number of methoxy groups -OCH3 is 1. The normalized spacial score (nSPS) is 13.6. The predicted molar refractivity (Wildman–Crippen MR) is 114 cm³/mol. The lowest BCUT2D eigenvalue weighted by atomic mass is 10.1. The molecule has 3 heterocycles. The highest BCUT2D eigenvalue weighted by Gasteiger charge is 2.30. The summed E-state index contributed by atoms with van der Waals surface area (Å²) in [7, 11) is 1.29. The van der Waals surface area contributed by atoms with Gasteiger partial charge in [0.25, 0.3) is 5.56 Å². The third-order valence-corrected chi connectivity index (χ3v) is 5.61. The van der Waals surface area contributed by atoms with E-state index in [1.165, 1.54) is 17.9 Å². The van der Waals surface area contributed by atoms with Gasteiger partial charge in [0.05, 0.1) is 24.7 Å². The van der Waals surface area contributed by atoms with E-state index in [0.717, 1.165) is 40.7 Å². The van der Waals surface area contributed by atoms with E-state index in [-0.39, 0.29) is 17.9 Å². The van der Waals surface area contributed by atoms with Gasteiger partial charge in [-0.1, -0.05) is 17.7 Å². The van der Waals surface area contributed by atoms with Gasteiger partial charge in [0.1, 0.15) is 17.8 Å². The molecule has 4 aromatic rings. The van der Waals surface area contributed by atoms with Crippen LogP contribution in [0.5, 0.6) is 0 Å². The first-order valence-electron chi connectivity index (χ1n) is 10.2. The summed E-state index contributed by atoms with van der Waals surface area (Å²) < 4.78 is 13.3. The summed E-state index contributed by atoms with van der Waals surface area (Å²) in [5.41, 5.74) is 4.18. The molecule has 0 spiro atoms. The zero-order chi connectivity index (χ0) is 21.7. The van der Waals surface area contributed by atoms with Gasteiger partial charge in [0.2, 0.25) is 5.76 Å². The molecule has 0 saturated heterocycles. The minimum atomic E-state index is -0.561. The Bertz CT molecular complexity index is 1370. The molecule has 5 rings (SSSR count). The first-order valence-corrected chi connectivity index (χ1v) is 10.2. The van der Waals surface area contributed by atoms with Gasteiger partial charge in [0.15, 0.2) is 0 Å². The summed E-state index contributed by atoms with van der Waals surface area (Å²) >= 11 is 0. The maximum Gasteiger partial charge on any atom is 0.373 e. The van der Waals surface area contributed by atoms with Gasteiger partial charge in [-0.15, -0.1) is 0 Å². The number of ether oxygens (including phenoxy) is 1. The third-order valence-electron chi connectivity index (χ3n) is 5.61. The Morgan fingerprint density at radius 3 is 2.74 bits per heavy atom. The molecule has 1 aliphatic rings. The molecular formula is C23H22N4O4.